The Morgan fingerprint density at radius 2 is 2.05 bits per heavy atom. The van der Waals surface area contributed by atoms with Gasteiger partial charge in [-0.1, -0.05) is 18.2 Å². The molecule has 0 atom stereocenters. The molecule has 0 fully saturated rings. The number of hydrogen-bond donors (Lipinski definition) is 1. The van der Waals surface area contributed by atoms with Crippen molar-refractivity contribution in [1.82, 2.24) is 4.98 Å². The van der Waals surface area contributed by atoms with Gasteiger partial charge in [-0.3, -0.25) is 10.1 Å². The van der Waals surface area contributed by atoms with Crippen molar-refractivity contribution in [3.05, 3.63) is 52.1 Å². The Morgan fingerprint density at radius 3 is 2.62 bits per heavy atom. The molecule has 1 heterocycles. The van der Waals surface area contributed by atoms with Crippen molar-refractivity contribution in [2.24, 2.45) is 0 Å². The summed E-state index contributed by atoms with van der Waals surface area (Å²) in [6.07, 6.45) is 0. The summed E-state index contributed by atoms with van der Waals surface area (Å²) in [7, 11) is 1.69. The lowest BCUT2D eigenvalue weighted by atomic mass is 10.2. The quantitative estimate of drug-likeness (QED) is 0.673. The van der Waals surface area contributed by atoms with E-state index in [1.54, 1.807) is 7.05 Å². The summed E-state index contributed by atoms with van der Waals surface area (Å²) < 4.78 is 0. The van der Waals surface area contributed by atoms with Gasteiger partial charge in [0.1, 0.15) is 11.6 Å². The van der Waals surface area contributed by atoms with Crippen LogP contribution in [0.3, 0.4) is 0 Å². The maximum atomic E-state index is 11.1. The molecular formula is C15H18N4O2. The Hall–Kier alpha value is -2.63. The smallest absolute Gasteiger partial charge is 0.276 e. The van der Waals surface area contributed by atoms with Gasteiger partial charge in [-0.25, -0.2) is 4.98 Å². The molecule has 1 N–H and O–H groups in total. The van der Waals surface area contributed by atoms with Crippen molar-refractivity contribution in [1.29, 1.82) is 0 Å². The fourth-order valence-corrected chi connectivity index (χ4v) is 2.20. The third kappa shape index (κ3) is 3.10. The Bertz CT molecular complexity index is 658. The molecule has 2 aromatic rings. The average Bonchev–Trinajstić information content (AvgIpc) is 2.49. The lowest BCUT2D eigenvalue weighted by Crippen LogP contribution is -2.19. The van der Waals surface area contributed by atoms with E-state index in [2.05, 4.69) is 10.3 Å². The van der Waals surface area contributed by atoms with Gasteiger partial charge in [0, 0.05) is 19.3 Å². The highest BCUT2D eigenvalue weighted by Gasteiger charge is 2.16. The van der Waals surface area contributed by atoms with Crippen LogP contribution in [0.4, 0.5) is 23.0 Å². The van der Waals surface area contributed by atoms with E-state index in [-0.39, 0.29) is 5.69 Å². The fraction of sp³-hybridized carbons (Fsp3) is 0.267. The molecule has 0 aliphatic rings. The third-order valence-corrected chi connectivity index (χ3v) is 3.26. The van der Waals surface area contributed by atoms with Crippen LogP contribution >= 0.6 is 0 Å². The van der Waals surface area contributed by atoms with Crippen LogP contribution in [0.5, 0.6) is 0 Å². The van der Waals surface area contributed by atoms with Crippen molar-refractivity contribution in [2.45, 2.75) is 13.8 Å². The summed E-state index contributed by atoms with van der Waals surface area (Å²) in [5.41, 5.74) is 2.12. The van der Waals surface area contributed by atoms with Crippen LogP contribution < -0.4 is 10.2 Å². The van der Waals surface area contributed by atoms with Crippen LogP contribution in [0.1, 0.15) is 12.5 Å². The van der Waals surface area contributed by atoms with E-state index in [1.165, 1.54) is 12.1 Å². The molecule has 110 valence electrons. The van der Waals surface area contributed by atoms with Crippen LogP contribution in [0.15, 0.2) is 36.4 Å². The molecule has 0 spiro atoms. The van der Waals surface area contributed by atoms with Crippen molar-refractivity contribution in [2.75, 3.05) is 23.8 Å². The second-order valence-electron chi connectivity index (χ2n) is 4.61. The van der Waals surface area contributed by atoms with Gasteiger partial charge in [-0.15, -0.1) is 0 Å². The van der Waals surface area contributed by atoms with Gasteiger partial charge in [0.25, 0.3) is 5.69 Å². The number of para-hydroxylation sites is 1. The minimum atomic E-state index is -0.405. The highest BCUT2D eigenvalue weighted by Crippen LogP contribution is 2.30. The van der Waals surface area contributed by atoms with Gasteiger partial charge < -0.3 is 10.2 Å². The monoisotopic (exact) mass is 286 g/mol. The Morgan fingerprint density at radius 1 is 1.33 bits per heavy atom. The highest BCUT2D eigenvalue weighted by atomic mass is 16.6. The SMILES string of the molecule is CCN(c1cc([N+](=O)[O-])cc(NC)n1)c1ccccc1C. The number of nitrogens with one attached hydrogen (secondary N) is 1. The zero-order chi connectivity index (χ0) is 15.4. The molecule has 0 aliphatic heterocycles. The van der Waals surface area contributed by atoms with E-state index < -0.39 is 4.92 Å². The maximum absolute atomic E-state index is 11.1. The molecule has 0 unspecified atom stereocenters. The van der Waals surface area contributed by atoms with Crippen molar-refractivity contribution >= 4 is 23.0 Å². The van der Waals surface area contributed by atoms with Crippen molar-refractivity contribution < 1.29 is 4.92 Å². The lowest BCUT2D eigenvalue weighted by molar-refractivity contribution is -0.384. The number of rotatable bonds is 5. The van der Waals surface area contributed by atoms with E-state index >= 15 is 0 Å². The standard InChI is InChI=1S/C15H18N4O2/c1-4-18(13-8-6-5-7-11(13)2)15-10-12(19(20)21)9-14(16-3)17-15/h5-10H,4H2,1-3H3,(H,16,17). The van der Waals surface area contributed by atoms with E-state index in [9.17, 15) is 10.1 Å². The second-order valence-corrected chi connectivity index (χ2v) is 4.61. The summed E-state index contributed by atoms with van der Waals surface area (Å²) in [6.45, 7) is 4.67. The van der Waals surface area contributed by atoms with Gasteiger partial charge in [-0.2, -0.15) is 0 Å². The third-order valence-electron chi connectivity index (χ3n) is 3.26. The molecule has 0 saturated heterocycles. The zero-order valence-corrected chi connectivity index (χ0v) is 12.3. The molecule has 6 heteroatoms. The van der Waals surface area contributed by atoms with E-state index in [4.69, 9.17) is 0 Å². The van der Waals surface area contributed by atoms with Crippen LogP contribution in [0.2, 0.25) is 0 Å². The maximum Gasteiger partial charge on any atom is 0.276 e. The molecular weight excluding hydrogens is 268 g/mol. The van der Waals surface area contributed by atoms with E-state index in [0.29, 0.717) is 18.2 Å². The summed E-state index contributed by atoms with van der Waals surface area (Å²) in [5, 5.41) is 13.9. The molecule has 0 radical (unpaired) electrons. The molecule has 0 saturated carbocycles. The first-order chi connectivity index (χ1) is 10.1. The molecule has 1 aromatic heterocycles. The Balaban J connectivity index is 2.54. The number of nitro groups is 1. The van der Waals surface area contributed by atoms with Crippen LogP contribution in [0.25, 0.3) is 0 Å². The van der Waals surface area contributed by atoms with Gasteiger partial charge >= 0.3 is 0 Å². The molecule has 0 aliphatic carbocycles. The first-order valence-electron chi connectivity index (χ1n) is 6.74. The predicted molar refractivity (Wildman–Crippen MR) is 84.3 cm³/mol. The molecule has 0 amide bonds. The summed E-state index contributed by atoms with van der Waals surface area (Å²) in [4.78, 5) is 17.1. The molecule has 21 heavy (non-hydrogen) atoms. The number of aromatic nitrogens is 1. The van der Waals surface area contributed by atoms with E-state index in [1.807, 2.05) is 43.0 Å². The average molecular weight is 286 g/mol. The minimum absolute atomic E-state index is 0.0244. The molecule has 1 aromatic carbocycles. The lowest BCUT2D eigenvalue weighted by Gasteiger charge is -2.24. The number of aryl methyl sites for hydroxylation is 1. The number of hydrogen-bond acceptors (Lipinski definition) is 5. The molecule has 6 nitrogen and oxygen atoms in total. The number of benzene rings is 1. The van der Waals surface area contributed by atoms with E-state index in [0.717, 1.165) is 11.3 Å². The van der Waals surface area contributed by atoms with Gasteiger partial charge in [0.2, 0.25) is 0 Å². The first kappa shape index (κ1) is 14.8. The van der Waals surface area contributed by atoms with Gasteiger partial charge in [0.15, 0.2) is 0 Å². The van der Waals surface area contributed by atoms with Gasteiger partial charge in [0.05, 0.1) is 17.1 Å². The van der Waals surface area contributed by atoms with Crippen molar-refractivity contribution in [3.8, 4) is 0 Å². The van der Waals surface area contributed by atoms with Gasteiger partial charge in [-0.05, 0) is 25.5 Å². The van der Waals surface area contributed by atoms with Crippen LogP contribution in [-0.4, -0.2) is 23.5 Å². The van der Waals surface area contributed by atoms with Crippen LogP contribution in [0, 0.1) is 17.0 Å². The fourth-order valence-electron chi connectivity index (χ4n) is 2.20. The van der Waals surface area contributed by atoms with Crippen LogP contribution in [-0.2, 0) is 0 Å². The zero-order valence-electron chi connectivity index (χ0n) is 12.3. The highest BCUT2D eigenvalue weighted by molar-refractivity contribution is 5.67. The summed E-state index contributed by atoms with van der Waals surface area (Å²) >= 11 is 0. The number of anilines is 3. The first-order valence-corrected chi connectivity index (χ1v) is 6.74. The van der Waals surface area contributed by atoms with Crippen molar-refractivity contribution in [3.63, 3.8) is 0 Å². The summed E-state index contributed by atoms with van der Waals surface area (Å²) in [5.74, 6) is 1.04. The second kappa shape index (κ2) is 6.21. The normalized spacial score (nSPS) is 10.2. The molecule has 2 rings (SSSR count). The predicted octanol–water partition coefficient (Wildman–Crippen LogP) is 3.50. The Labute approximate surface area is 123 Å². The number of pyridine rings is 1. The molecule has 0 bridgehead atoms. The Kier molecular flexibility index (Phi) is 4.37. The summed E-state index contributed by atoms with van der Waals surface area (Å²) in [6, 6.07) is 10.8. The minimum Gasteiger partial charge on any atom is -0.373 e. The largest absolute Gasteiger partial charge is 0.373 e. The number of nitrogens with zero attached hydrogens (tertiary/aromatic N) is 3. The topological polar surface area (TPSA) is 71.3 Å².